The van der Waals surface area contributed by atoms with Gasteiger partial charge in [0.15, 0.2) is 0 Å². The van der Waals surface area contributed by atoms with E-state index in [2.05, 4.69) is 118 Å². The number of benzene rings is 4. The molecule has 0 bridgehead atoms. The Morgan fingerprint density at radius 1 is 0.806 bits per heavy atom. The van der Waals surface area contributed by atoms with Gasteiger partial charge in [-0.25, -0.2) is 0 Å². The first kappa shape index (κ1) is 18.4. The molecule has 0 radical (unpaired) electrons. The number of fused-ring (bicyclic) bond motifs is 6. The Hall–Kier alpha value is -3.32. The molecule has 0 saturated carbocycles. The Balaban J connectivity index is 1.55. The Kier molecular flexibility index (Phi) is 3.77. The highest BCUT2D eigenvalue weighted by atomic mass is 15.1. The van der Waals surface area contributed by atoms with E-state index in [1.165, 1.54) is 54.6 Å². The second-order valence-electron chi connectivity index (χ2n) is 9.62. The first-order valence-electron chi connectivity index (χ1n) is 11.1. The molecule has 1 aliphatic heterocycles. The number of rotatable bonds is 1. The number of aryl methyl sites for hydroxylation is 1. The van der Waals surface area contributed by atoms with Gasteiger partial charge in [-0.15, -0.1) is 0 Å². The number of hydrogen-bond acceptors (Lipinski definition) is 1. The predicted molar refractivity (Wildman–Crippen MR) is 131 cm³/mol. The lowest BCUT2D eigenvalue weighted by atomic mass is 9.80. The van der Waals surface area contributed by atoms with Crippen LogP contribution < -0.4 is 10.4 Å². The second-order valence-corrected chi connectivity index (χ2v) is 9.62. The molecule has 2 aliphatic rings. The molecule has 0 spiro atoms. The molecule has 0 amide bonds. The van der Waals surface area contributed by atoms with Crippen molar-refractivity contribution in [2.45, 2.75) is 32.2 Å². The number of nitrogens with zero attached hydrogens (tertiary/aromatic N) is 1. The minimum atomic E-state index is 0.0272. The summed E-state index contributed by atoms with van der Waals surface area (Å²) in [6.45, 7) is 6.98. The van der Waals surface area contributed by atoms with Crippen LogP contribution in [0.5, 0.6) is 0 Å². The fourth-order valence-electron chi connectivity index (χ4n) is 5.67. The fourth-order valence-corrected chi connectivity index (χ4v) is 5.67. The summed E-state index contributed by atoms with van der Waals surface area (Å²) in [6, 6.07) is 27.2. The van der Waals surface area contributed by atoms with Crippen molar-refractivity contribution < 1.29 is 0 Å². The van der Waals surface area contributed by atoms with Crippen LogP contribution in [0.3, 0.4) is 0 Å². The van der Waals surface area contributed by atoms with E-state index in [1.807, 2.05) is 0 Å². The normalized spacial score (nSPS) is 18.1. The highest BCUT2D eigenvalue weighted by molar-refractivity contribution is 5.85. The minimum Gasteiger partial charge on any atom is -0.369 e. The molecule has 6 rings (SSSR count). The predicted octanol–water partition coefficient (Wildman–Crippen LogP) is 5.66. The molecule has 1 aliphatic carbocycles. The third kappa shape index (κ3) is 2.56. The topological polar surface area (TPSA) is 3.24 Å². The van der Waals surface area contributed by atoms with Gasteiger partial charge in [0.1, 0.15) is 0 Å². The monoisotopic (exact) mass is 401 g/mol. The molecular formula is C30H27N. The van der Waals surface area contributed by atoms with E-state index in [0.29, 0.717) is 0 Å². The summed E-state index contributed by atoms with van der Waals surface area (Å²) in [7, 11) is 2.21. The van der Waals surface area contributed by atoms with Crippen molar-refractivity contribution in [2.24, 2.45) is 0 Å². The van der Waals surface area contributed by atoms with Crippen LogP contribution in [0.1, 0.15) is 42.1 Å². The molecule has 31 heavy (non-hydrogen) atoms. The van der Waals surface area contributed by atoms with E-state index >= 15 is 0 Å². The molecule has 1 unspecified atom stereocenters. The zero-order valence-electron chi connectivity index (χ0n) is 18.6. The quantitative estimate of drug-likeness (QED) is 0.398. The van der Waals surface area contributed by atoms with Crippen molar-refractivity contribution in [3.05, 3.63) is 105 Å². The summed E-state index contributed by atoms with van der Waals surface area (Å²) in [5, 5.41) is 5.27. The third-order valence-electron chi connectivity index (χ3n) is 7.40. The summed E-state index contributed by atoms with van der Waals surface area (Å²) in [5.41, 5.74) is 8.46. The fraction of sp³-hybridized carbons (Fsp3) is 0.200. The maximum atomic E-state index is 2.47. The van der Waals surface area contributed by atoms with Crippen LogP contribution >= 0.6 is 0 Å². The van der Waals surface area contributed by atoms with Crippen molar-refractivity contribution in [3.63, 3.8) is 0 Å². The van der Waals surface area contributed by atoms with Crippen LogP contribution in [-0.2, 0) is 5.41 Å². The zero-order chi connectivity index (χ0) is 21.3. The first-order chi connectivity index (χ1) is 14.9. The lowest BCUT2D eigenvalue weighted by Gasteiger charge is -2.30. The summed E-state index contributed by atoms with van der Waals surface area (Å²) >= 11 is 0. The molecule has 1 heteroatoms. The van der Waals surface area contributed by atoms with Gasteiger partial charge in [-0.05, 0) is 62.4 Å². The Labute approximate surface area is 184 Å². The van der Waals surface area contributed by atoms with Crippen molar-refractivity contribution in [3.8, 4) is 11.1 Å². The van der Waals surface area contributed by atoms with Gasteiger partial charge in [0.05, 0.1) is 6.04 Å². The molecule has 4 aromatic rings. The Bertz CT molecular complexity index is 1490. The van der Waals surface area contributed by atoms with Gasteiger partial charge in [0, 0.05) is 23.9 Å². The van der Waals surface area contributed by atoms with Gasteiger partial charge in [-0.3, -0.25) is 0 Å². The van der Waals surface area contributed by atoms with E-state index in [9.17, 15) is 0 Å². The van der Waals surface area contributed by atoms with Crippen LogP contribution in [0, 0.1) is 6.92 Å². The van der Waals surface area contributed by atoms with Gasteiger partial charge in [0.25, 0.3) is 0 Å². The molecule has 1 atom stereocenters. The molecule has 0 saturated heterocycles. The lowest BCUT2D eigenvalue weighted by molar-refractivity contribution is 0.443. The zero-order valence-corrected chi connectivity index (χ0v) is 18.6. The van der Waals surface area contributed by atoms with Gasteiger partial charge in [0.2, 0.25) is 0 Å². The molecule has 152 valence electrons. The molecule has 1 nitrogen and oxygen atoms in total. The van der Waals surface area contributed by atoms with Gasteiger partial charge in [-0.2, -0.15) is 0 Å². The average Bonchev–Trinajstić information content (AvgIpc) is 2.99. The molecule has 0 fully saturated rings. The second kappa shape index (κ2) is 6.34. The maximum absolute atomic E-state index is 2.47. The SMILES string of the molecule is Cc1cc2c(cc1C1C=c3ccc4ccccc4c3=CN1C)C(C)(C)c1ccccc1-2. The van der Waals surface area contributed by atoms with E-state index in [-0.39, 0.29) is 11.5 Å². The Morgan fingerprint density at radius 3 is 2.45 bits per heavy atom. The first-order valence-corrected chi connectivity index (χ1v) is 11.1. The van der Waals surface area contributed by atoms with Crippen LogP contribution in [0.4, 0.5) is 0 Å². The van der Waals surface area contributed by atoms with Crippen molar-refractivity contribution in [2.75, 3.05) is 7.05 Å². The summed E-state index contributed by atoms with van der Waals surface area (Å²) < 4.78 is 0. The van der Waals surface area contributed by atoms with E-state index in [1.54, 1.807) is 0 Å². The molecule has 0 aromatic heterocycles. The minimum absolute atomic E-state index is 0.0272. The van der Waals surface area contributed by atoms with E-state index in [0.717, 1.165) is 0 Å². The van der Waals surface area contributed by atoms with Crippen molar-refractivity contribution in [1.82, 2.24) is 4.90 Å². The highest BCUT2D eigenvalue weighted by Crippen LogP contribution is 2.50. The van der Waals surface area contributed by atoms with Crippen LogP contribution in [0.25, 0.3) is 34.2 Å². The van der Waals surface area contributed by atoms with Crippen LogP contribution in [0.2, 0.25) is 0 Å². The maximum Gasteiger partial charge on any atom is 0.0729 e. The van der Waals surface area contributed by atoms with Gasteiger partial charge >= 0.3 is 0 Å². The third-order valence-corrected chi connectivity index (χ3v) is 7.40. The van der Waals surface area contributed by atoms with Crippen molar-refractivity contribution in [1.29, 1.82) is 0 Å². The molecule has 4 aromatic carbocycles. The summed E-state index contributed by atoms with van der Waals surface area (Å²) in [4.78, 5) is 2.37. The molecular weight excluding hydrogens is 374 g/mol. The molecule has 0 N–H and O–H groups in total. The number of hydrogen-bond donors (Lipinski definition) is 0. The lowest BCUT2D eigenvalue weighted by Crippen LogP contribution is -2.36. The summed E-state index contributed by atoms with van der Waals surface area (Å²) in [6.07, 6.45) is 4.76. The highest BCUT2D eigenvalue weighted by Gasteiger charge is 2.36. The Morgan fingerprint density at radius 2 is 1.58 bits per heavy atom. The van der Waals surface area contributed by atoms with Gasteiger partial charge in [-0.1, -0.05) is 86.6 Å². The van der Waals surface area contributed by atoms with E-state index in [4.69, 9.17) is 0 Å². The van der Waals surface area contributed by atoms with Crippen LogP contribution in [0.15, 0.2) is 72.8 Å². The standard InChI is InChI=1S/C30H27N/c1-19-15-25-23-11-7-8-12-27(23)30(2,3)28(25)17-24(19)29-16-21-14-13-20-9-5-6-10-22(20)26(21)18-31(29)4/h5-18,29H,1-4H3. The van der Waals surface area contributed by atoms with Crippen LogP contribution in [-0.4, -0.2) is 11.9 Å². The summed E-state index contributed by atoms with van der Waals surface area (Å²) in [5.74, 6) is 0. The average molecular weight is 402 g/mol. The van der Waals surface area contributed by atoms with E-state index < -0.39 is 0 Å². The largest absolute Gasteiger partial charge is 0.369 e. The van der Waals surface area contributed by atoms with Gasteiger partial charge < -0.3 is 4.90 Å². The van der Waals surface area contributed by atoms with Crippen molar-refractivity contribution >= 4 is 23.0 Å². The molecule has 1 heterocycles. The smallest absolute Gasteiger partial charge is 0.0729 e.